The van der Waals surface area contributed by atoms with Crippen LogP contribution in [0, 0.1) is 0 Å². The molecule has 4 aromatic rings. The average Bonchev–Trinajstić information content (AvgIpc) is 3.26. The molecule has 1 fully saturated rings. The van der Waals surface area contributed by atoms with Crippen LogP contribution in [-0.4, -0.2) is 54.5 Å². The van der Waals surface area contributed by atoms with Gasteiger partial charge in [0.25, 0.3) is 0 Å². The van der Waals surface area contributed by atoms with E-state index in [9.17, 15) is 15.0 Å². The van der Waals surface area contributed by atoms with Gasteiger partial charge in [0.15, 0.2) is 0 Å². The second-order valence-corrected chi connectivity index (χ2v) is 9.74. The standard InChI is InChI=1S/C25H27N3O4S/c1-2-16-13-17-23(31)19(25-26-20-5-3-4-6-21(20)33-25)15-32-24(17)18(22(16)30)14-28-9-7-27(8-10-28)11-12-29/h3-6,13,15,29-30H,2,7-12,14H2,1H3/p+2. The number of nitrogens with one attached hydrogen (secondary N) is 2. The van der Waals surface area contributed by atoms with Crippen molar-refractivity contribution >= 4 is 32.5 Å². The molecule has 1 saturated heterocycles. The first kappa shape index (κ1) is 22.0. The van der Waals surface area contributed by atoms with Crippen LogP contribution < -0.4 is 15.2 Å². The molecule has 3 heterocycles. The lowest BCUT2D eigenvalue weighted by Gasteiger charge is -2.29. The zero-order valence-corrected chi connectivity index (χ0v) is 19.5. The molecule has 33 heavy (non-hydrogen) atoms. The summed E-state index contributed by atoms with van der Waals surface area (Å²) in [6, 6.07) is 9.60. The second-order valence-electron chi connectivity index (χ2n) is 8.71. The Labute approximate surface area is 195 Å². The Bertz CT molecular complexity index is 1320. The number of aromatic hydroxyl groups is 1. The zero-order chi connectivity index (χ0) is 22.9. The van der Waals surface area contributed by atoms with Crippen LogP contribution in [0.3, 0.4) is 0 Å². The molecule has 0 aliphatic carbocycles. The highest BCUT2D eigenvalue weighted by atomic mass is 32.1. The van der Waals surface area contributed by atoms with Crippen LogP contribution in [0.15, 0.2) is 45.8 Å². The van der Waals surface area contributed by atoms with Gasteiger partial charge in [0.05, 0.1) is 33.3 Å². The number of hydrogen-bond donors (Lipinski definition) is 4. The summed E-state index contributed by atoms with van der Waals surface area (Å²) in [5.41, 5.74) is 3.14. The number of aliphatic hydroxyl groups is 1. The number of aryl methyl sites for hydroxylation is 1. The molecule has 0 spiro atoms. The molecule has 0 unspecified atom stereocenters. The normalized spacial score (nSPS) is 18.8. The van der Waals surface area contributed by atoms with E-state index >= 15 is 0 Å². The van der Waals surface area contributed by atoms with E-state index < -0.39 is 0 Å². The van der Waals surface area contributed by atoms with Gasteiger partial charge in [-0.1, -0.05) is 19.1 Å². The fourth-order valence-corrected chi connectivity index (χ4v) is 5.72. The second kappa shape index (κ2) is 9.23. The fourth-order valence-electron chi connectivity index (χ4n) is 4.75. The van der Waals surface area contributed by atoms with Gasteiger partial charge >= 0.3 is 0 Å². The summed E-state index contributed by atoms with van der Waals surface area (Å²) in [6.45, 7) is 7.41. The number of aliphatic hydroxyl groups excluding tert-OH is 1. The molecule has 172 valence electrons. The van der Waals surface area contributed by atoms with Gasteiger partial charge in [0.1, 0.15) is 61.9 Å². The molecule has 1 aliphatic heterocycles. The lowest BCUT2D eigenvalue weighted by atomic mass is 10.0. The van der Waals surface area contributed by atoms with E-state index in [4.69, 9.17) is 4.42 Å². The van der Waals surface area contributed by atoms with E-state index in [0.29, 0.717) is 40.1 Å². The quantitative estimate of drug-likeness (QED) is 0.334. The molecule has 0 atom stereocenters. The van der Waals surface area contributed by atoms with Crippen molar-refractivity contribution in [1.82, 2.24) is 4.98 Å². The van der Waals surface area contributed by atoms with Gasteiger partial charge in [-0.15, -0.1) is 11.3 Å². The third kappa shape index (κ3) is 4.15. The zero-order valence-electron chi connectivity index (χ0n) is 18.7. The van der Waals surface area contributed by atoms with Crippen molar-refractivity contribution in [3.8, 4) is 16.3 Å². The van der Waals surface area contributed by atoms with Crippen LogP contribution in [0.5, 0.6) is 5.75 Å². The predicted molar refractivity (Wildman–Crippen MR) is 129 cm³/mol. The summed E-state index contributed by atoms with van der Waals surface area (Å²) in [5.74, 6) is 0.235. The van der Waals surface area contributed by atoms with Gasteiger partial charge in [0.2, 0.25) is 5.43 Å². The maximum absolute atomic E-state index is 13.5. The summed E-state index contributed by atoms with van der Waals surface area (Å²) in [7, 11) is 0. The summed E-state index contributed by atoms with van der Waals surface area (Å²) < 4.78 is 7.07. The summed E-state index contributed by atoms with van der Waals surface area (Å²) in [6.07, 6.45) is 2.12. The van der Waals surface area contributed by atoms with Gasteiger partial charge in [-0.05, 0) is 30.2 Å². The van der Waals surface area contributed by atoms with Gasteiger partial charge in [-0.25, -0.2) is 4.98 Å². The first-order valence-corrected chi connectivity index (χ1v) is 12.3. The third-order valence-electron chi connectivity index (χ3n) is 6.67. The van der Waals surface area contributed by atoms with Crippen molar-refractivity contribution in [3.05, 3.63) is 57.9 Å². The minimum atomic E-state index is -0.113. The minimum Gasteiger partial charge on any atom is -0.507 e. The number of para-hydroxylation sites is 1. The Hall–Kier alpha value is -2.78. The molecular formula is C25H29N3O4S+2. The van der Waals surface area contributed by atoms with Gasteiger partial charge < -0.3 is 24.4 Å². The average molecular weight is 468 g/mol. The molecule has 4 N–H and O–H groups in total. The van der Waals surface area contributed by atoms with E-state index in [2.05, 4.69) is 4.98 Å². The van der Waals surface area contributed by atoms with E-state index in [1.807, 2.05) is 31.2 Å². The van der Waals surface area contributed by atoms with Crippen LogP contribution >= 0.6 is 11.3 Å². The number of phenols is 1. The number of piperazine rings is 1. The van der Waals surface area contributed by atoms with E-state index in [1.54, 1.807) is 6.07 Å². The minimum absolute atomic E-state index is 0.113. The molecule has 5 rings (SSSR count). The molecule has 0 bridgehead atoms. The van der Waals surface area contributed by atoms with Gasteiger partial charge in [-0.2, -0.15) is 0 Å². The molecule has 2 aromatic carbocycles. The van der Waals surface area contributed by atoms with Crippen molar-refractivity contribution < 1.29 is 24.4 Å². The number of hydrogen-bond acceptors (Lipinski definition) is 6. The van der Waals surface area contributed by atoms with E-state index in [1.165, 1.54) is 27.4 Å². The number of phenolic OH excluding ortho intramolecular Hbond substituents is 1. The Kier molecular flexibility index (Phi) is 6.16. The van der Waals surface area contributed by atoms with Crippen molar-refractivity contribution in [2.45, 2.75) is 19.9 Å². The lowest BCUT2D eigenvalue weighted by molar-refractivity contribution is -1.02. The number of aromatic nitrogens is 1. The molecule has 1 aliphatic rings. The Morgan fingerprint density at radius 3 is 2.64 bits per heavy atom. The number of rotatable bonds is 6. The fraction of sp³-hybridized carbons (Fsp3) is 0.360. The molecular weight excluding hydrogens is 438 g/mol. The van der Waals surface area contributed by atoms with Gasteiger partial charge in [0, 0.05) is 0 Å². The van der Waals surface area contributed by atoms with Crippen molar-refractivity contribution in [2.75, 3.05) is 39.3 Å². The SMILES string of the molecule is CCc1cc2c(=O)c(-c3nc4ccccc4s3)coc2c(C[NH+]2CC[NH+](CCO)CC2)c1O. The Balaban J connectivity index is 1.55. The Morgan fingerprint density at radius 1 is 1.15 bits per heavy atom. The smallest absolute Gasteiger partial charge is 0.202 e. The van der Waals surface area contributed by atoms with Crippen LogP contribution in [0.25, 0.3) is 31.8 Å². The molecule has 8 heteroatoms. The van der Waals surface area contributed by atoms with Crippen molar-refractivity contribution in [1.29, 1.82) is 0 Å². The topological polar surface area (TPSA) is 92.4 Å². The molecule has 0 amide bonds. The molecule has 0 radical (unpaired) electrons. The van der Waals surface area contributed by atoms with Crippen LogP contribution in [0.2, 0.25) is 0 Å². The van der Waals surface area contributed by atoms with E-state index in [-0.39, 0.29) is 17.8 Å². The Morgan fingerprint density at radius 2 is 1.91 bits per heavy atom. The van der Waals surface area contributed by atoms with E-state index in [0.717, 1.165) is 48.5 Å². The first-order chi connectivity index (χ1) is 16.1. The van der Waals surface area contributed by atoms with Crippen LogP contribution in [0.1, 0.15) is 18.1 Å². The molecule has 7 nitrogen and oxygen atoms in total. The molecule has 0 saturated carbocycles. The van der Waals surface area contributed by atoms with Gasteiger partial charge in [-0.3, -0.25) is 4.79 Å². The highest BCUT2D eigenvalue weighted by molar-refractivity contribution is 7.21. The maximum Gasteiger partial charge on any atom is 0.202 e. The summed E-state index contributed by atoms with van der Waals surface area (Å²) in [4.78, 5) is 20.9. The molecule has 2 aromatic heterocycles. The highest BCUT2D eigenvalue weighted by Crippen LogP contribution is 2.33. The maximum atomic E-state index is 13.5. The van der Waals surface area contributed by atoms with Crippen molar-refractivity contribution in [3.63, 3.8) is 0 Å². The largest absolute Gasteiger partial charge is 0.507 e. The number of benzene rings is 2. The highest BCUT2D eigenvalue weighted by Gasteiger charge is 2.27. The number of thiazole rings is 1. The predicted octanol–water partition coefficient (Wildman–Crippen LogP) is 0.613. The number of nitrogens with zero attached hydrogens (tertiary/aromatic N) is 1. The summed E-state index contributed by atoms with van der Waals surface area (Å²) in [5, 5.41) is 21.3. The lowest BCUT2D eigenvalue weighted by Crippen LogP contribution is -3.27. The number of quaternary nitrogens is 2. The monoisotopic (exact) mass is 467 g/mol. The van der Waals surface area contributed by atoms with Crippen LogP contribution in [-0.2, 0) is 13.0 Å². The summed E-state index contributed by atoms with van der Waals surface area (Å²) >= 11 is 1.48. The van der Waals surface area contributed by atoms with Crippen molar-refractivity contribution in [2.24, 2.45) is 0 Å². The third-order valence-corrected chi connectivity index (χ3v) is 7.74. The van der Waals surface area contributed by atoms with Crippen LogP contribution in [0.4, 0.5) is 0 Å². The number of fused-ring (bicyclic) bond motifs is 2. The first-order valence-electron chi connectivity index (χ1n) is 11.5.